The van der Waals surface area contributed by atoms with E-state index in [9.17, 15) is 4.79 Å². The minimum atomic E-state index is 0.144. The third kappa shape index (κ3) is 5.87. The molecule has 0 spiro atoms. The van der Waals surface area contributed by atoms with E-state index in [1.165, 1.54) is 5.56 Å². The average molecular weight is 311 g/mol. The molecule has 2 aromatic carbocycles. The van der Waals surface area contributed by atoms with Crippen molar-refractivity contribution in [3.63, 3.8) is 0 Å². The Morgan fingerprint density at radius 1 is 1.13 bits per heavy atom. The number of carbonyl (C=O) groups is 1. The highest BCUT2D eigenvalue weighted by molar-refractivity contribution is 5.96. The summed E-state index contributed by atoms with van der Waals surface area (Å²) < 4.78 is 5.73. The fourth-order valence-corrected chi connectivity index (χ4v) is 2.48. The summed E-state index contributed by atoms with van der Waals surface area (Å²) in [4.78, 5) is 11.7. The van der Waals surface area contributed by atoms with Crippen LogP contribution in [0, 0.1) is 0 Å². The Bertz CT molecular complexity index is 610. The van der Waals surface area contributed by atoms with Gasteiger partial charge in [0.1, 0.15) is 12.4 Å². The second kappa shape index (κ2) is 9.11. The summed E-state index contributed by atoms with van der Waals surface area (Å²) in [6, 6.07) is 18.3. The standard InChI is InChI=1S/C20H25NO2/c1-3-20(22)18-10-7-11-19(15-18)23-13-12-21-16(2)14-17-8-5-4-6-9-17/h4-11,15-16,21H,3,12-14H2,1-2H3. The zero-order valence-corrected chi connectivity index (χ0v) is 13.9. The number of hydrogen-bond donors (Lipinski definition) is 1. The normalized spacial score (nSPS) is 11.9. The van der Waals surface area contributed by atoms with Gasteiger partial charge in [0, 0.05) is 24.6 Å². The van der Waals surface area contributed by atoms with Gasteiger partial charge in [0.15, 0.2) is 5.78 Å². The number of rotatable bonds is 9. The molecule has 0 fully saturated rings. The smallest absolute Gasteiger partial charge is 0.162 e. The van der Waals surface area contributed by atoms with Crippen molar-refractivity contribution in [2.45, 2.75) is 32.7 Å². The lowest BCUT2D eigenvalue weighted by molar-refractivity contribution is 0.0987. The molecule has 122 valence electrons. The highest BCUT2D eigenvalue weighted by atomic mass is 16.5. The summed E-state index contributed by atoms with van der Waals surface area (Å²) in [6.07, 6.45) is 1.52. The van der Waals surface area contributed by atoms with Gasteiger partial charge in [-0.1, -0.05) is 49.4 Å². The van der Waals surface area contributed by atoms with E-state index >= 15 is 0 Å². The molecule has 2 rings (SSSR count). The van der Waals surface area contributed by atoms with Crippen LogP contribution in [0.4, 0.5) is 0 Å². The molecule has 0 radical (unpaired) electrons. The first-order valence-electron chi connectivity index (χ1n) is 8.22. The van der Waals surface area contributed by atoms with Crippen LogP contribution in [0.3, 0.4) is 0 Å². The number of ketones is 1. The molecule has 0 aliphatic heterocycles. The average Bonchev–Trinajstić information content (AvgIpc) is 2.59. The molecule has 0 aliphatic carbocycles. The summed E-state index contributed by atoms with van der Waals surface area (Å²) in [5.41, 5.74) is 2.05. The maximum Gasteiger partial charge on any atom is 0.162 e. The second-order valence-electron chi connectivity index (χ2n) is 5.70. The molecular weight excluding hydrogens is 286 g/mol. The van der Waals surface area contributed by atoms with Gasteiger partial charge >= 0.3 is 0 Å². The summed E-state index contributed by atoms with van der Waals surface area (Å²) in [5.74, 6) is 0.895. The van der Waals surface area contributed by atoms with Gasteiger partial charge in [-0.3, -0.25) is 4.79 Å². The van der Waals surface area contributed by atoms with Gasteiger partial charge in [-0.05, 0) is 31.0 Å². The molecule has 0 aliphatic rings. The van der Waals surface area contributed by atoms with Crippen molar-refractivity contribution in [3.05, 3.63) is 65.7 Å². The monoisotopic (exact) mass is 311 g/mol. The van der Waals surface area contributed by atoms with Gasteiger partial charge in [-0.2, -0.15) is 0 Å². The molecule has 1 N–H and O–H groups in total. The lowest BCUT2D eigenvalue weighted by Gasteiger charge is -2.14. The zero-order chi connectivity index (χ0) is 16.5. The molecule has 0 bridgehead atoms. The van der Waals surface area contributed by atoms with Crippen LogP contribution >= 0.6 is 0 Å². The van der Waals surface area contributed by atoms with E-state index in [0.29, 0.717) is 19.1 Å². The highest BCUT2D eigenvalue weighted by Gasteiger charge is 2.05. The predicted octanol–water partition coefficient (Wildman–Crippen LogP) is 3.88. The van der Waals surface area contributed by atoms with Crippen LogP contribution in [0.1, 0.15) is 36.2 Å². The SMILES string of the molecule is CCC(=O)c1cccc(OCCNC(C)Cc2ccccc2)c1. The van der Waals surface area contributed by atoms with Crippen molar-refractivity contribution in [2.75, 3.05) is 13.2 Å². The van der Waals surface area contributed by atoms with Crippen molar-refractivity contribution in [2.24, 2.45) is 0 Å². The first-order chi connectivity index (χ1) is 11.2. The molecule has 0 aromatic heterocycles. The minimum Gasteiger partial charge on any atom is -0.492 e. The zero-order valence-electron chi connectivity index (χ0n) is 13.9. The molecule has 1 atom stereocenters. The van der Waals surface area contributed by atoms with Gasteiger partial charge in [0.25, 0.3) is 0 Å². The summed E-state index contributed by atoms with van der Waals surface area (Å²) in [6.45, 7) is 5.41. The second-order valence-corrected chi connectivity index (χ2v) is 5.70. The summed E-state index contributed by atoms with van der Waals surface area (Å²) in [7, 11) is 0. The van der Waals surface area contributed by atoms with E-state index in [1.54, 1.807) is 0 Å². The van der Waals surface area contributed by atoms with Crippen molar-refractivity contribution in [1.29, 1.82) is 0 Å². The Morgan fingerprint density at radius 3 is 2.65 bits per heavy atom. The summed E-state index contributed by atoms with van der Waals surface area (Å²) >= 11 is 0. The van der Waals surface area contributed by atoms with Crippen molar-refractivity contribution in [1.82, 2.24) is 5.32 Å². The predicted molar refractivity (Wildman–Crippen MR) is 94.2 cm³/mol. The molecular formula is C20H25NO2. The van der Waals surface area contributed by atoms with Crippen LogP contribution in [0.2, 0.25) is 0 Å². The van der Waals surface area contributed by atoms with Gasteiger partial charge < -0.3 is 10.1 Å². The van der Waals surface area contributed by atoms with Crippen LogP contribution in [-0.2, 0) is 6.42 Å². The Morgan fingerprint density at radius 2 is 1.91 bits per heavy atom. The molecule has 0 saturated carbocycles. The fourth-order valence-electron chi connectivity index (χ4n) is 2.48. The molecule has 2 aromatic rings. The van der Waals surface area contributed by atoms with E-state index in [1.807, 2.05) is 37.3 Å². The van der Waals surface area contributed by atoms with E-state index in [4.69, 9.17) is 4.74 Å². The minimum absolute atomic E-state index is 0.144. The Labute approximate surface area is 138 Å². The molecule has 23 heavy (non-hydrogen) atoms. The first kappa shape index (κ1) is 17.2. The third-order valence-electron chi connectivity index (χ3n) is 3.73. The quantitative estimate of drug-likeness (QED) is 0.564. The van der Waals surface area contributed by atoms with E-state index in [2.05, 4.69) is 36.5 Å². The topological polar surface area (TPSA) is 38.3 Å². The van der Waals surface area contributed by atoms with E-state index in [-0.39, 0.29) is 5.78 Å². The van der Waals surface area contributed by atoms with Gasteiger partial charge in [-0.25, -0.2) is 0 Å². The van der Waals surface area contributed by atoms with Crippen LogP contribution in [-0.4, -0.2) is 25.0 Å². The highest BCUT2D eigenvalue weighted by Crippen LogP contribution is 2.14. The van der Waals surface area contributed by atoms with Crippen molar-refractivity contribution in [3.8, 4) is 5.75 Å². The maximum absolute atomic E-state index is 11.7. The number of benzene rings is 2. The van der Waals surface area contributed by atoms with Gasteiger partial charge in [0.2, 0.25) is 0 Å². The van der Waals surface area contributed by atoms with Gasteiger partial charge in [-0.15, -0.1) is 0 Å². The Balaban J connectivity index is 1.72. The maximum atomic E-state index is 11.7. The van der Waals surface area contributed by atoms with Crippen molar-refractivity contribution < 1.29 is 9.53 Å². The van der Waals surface area contributed by atoms with Crippen molar-refractivity contribution >= 4 is 5.78 Å². The van der Waals surface area contributed by atoms with Crippen LogP contribution < -0.4 is 10.1 Å². The van der Waals surface area contributed by atoms with Crippen LogP contribution in [0.25, 0.3) is 0 Å². The molecule has 3 nitrogen and oxygen atoms in total. The van der Waals surface area contributed by atoms with E-state index in [0.717, 1.165) is 24.3 Å². The Hall–Kier alpha value is -2.13. The van der Waals surface area contributed by atoms with E-state index < -0.39 is 0 Å². The molecule has 0 saturated heterocycles. The number of hydrogen-bond acceptors (Lipinski definition) is 3. The van der Waals surface area contributed by atoms with Crippen LogP contribution in [0.15, 0.2) is 54.6 Å². The number of ether oxygens (including phenoxy) is 1. The Kier molecular flexibility index (Phi) is 6.82. The lowest BCUT2D eigenvalue weighted by atomic mass is 10.1. The fraction of sp³-hybridized carbons (Fsp3) is 0.350. The summed E-state index contributed by atoms with van der Waals surface area (Å²) in [5, 5.41) is 3.46. The third-order valence-corrected chi connectivity index (χ3v) is 3.73. The number of Topliss-reactive ketones (excluding diaryl/α,β-unsaturated/α-hetero) is 1. The molecule has 0 heterocycles. The molecule has 0 amide bonds. The number of nitrogens with one attached hydrogen (secondary N) is 1. The van der Waals surface area contributed by atoms with Gasteiger partial charge in [0.05, 0.1) is 0 Å². The largest absolute Gasteiger partial charge is 0.492 e. The lowest BCUT2D eigenvalue weighted by Crippen LogP contribution is -2.31. The number of carbonyl (C=O) groups excluding carboxylic acids is 1. The first-order valence-corrected chi connectivity index (χ1v) is 8.22. The van der Waals surface area contributed by atoms with Crippen LogP contribution in [0.5, 0.6) is 5.75 Å². The molecule has 1 unspecified atom stereocenters. The molecule has 3 heteroatoms.